The van der Waals surface area contributed by atoms with Gasteiger partial charge < -0.3 is 9.42 Å². The summed E-state index contributed by atoms with van der Waals surface area (Å²) in [7, 11) is 0. The SMILES string of the molecule is CC(CN(Cc1cccc2ccccc12)c1cc(-c2ccccc2)no1)N1CCCCCC1. The molecule has 4 aromatic rings. The minimum Gasteiger partial charge on any atom is -0.338 e. The topological polar surface area (TPSA) is 32.5 Å². The zero-order valence-corrected chi connectivity index (χ0v) is 19.5. The van der Waals surface area contributed by atoms with Gasteiger partial charge in [0.25, 0.3) is 0 Å². The van der Waals surface area contributed by atoms with Gasteiger partial charge in [0.1, 0.15) is 5.69 Å². The van der Waals surface area contributed by atoms with Gasteiger partial charge in [-0.3, -0.25) is 4.90 Å². The Morgan fingerprint density at radius 3 is 2.42 bits per heavy atom. The van der Waals surface area contributed by atoms with Crippen LogP contribution < -0.4 is 4.90 Å². The van der Waals surface area contributed by atoms with Crippen LogP contribution in [0.2, 0.25) is 0 Å². The van der Waals surface area contributed by atoms with Crippen LogP contribution >= 0.6 is 0 Å². The highest BCUT2D eigenvalue weighted by Crippen LogP contribution is 2.28. The van der Waals surface area contributed by atoms with E-state index in [-0.39, 0.29) is 0 Å². The van der Waals surface area contributed by atoms with Crippen molar-refractivity contribution in [2.75, 3.05) is 24.5 Å². The second-order valence-corrected chi connectivity index (χ2v) is 9.23. The van der Waals surface area contributed by atoms with Crippen LogP contribution in [-0.2, 0) is 6.54 Å². The van der Waals surface area contributed by atoms with Crippen molar-refractivity contribution in [2.24, 2.45) is 0 Å². The molecule has 33 heavy (non-hydrogen) atoms. The van der Waals surface area contributed by atoms with E-state index in [1.165, 1.54) is 55.1 Å². The molecule has 3 aromatic carbocycles. The number of aromatic nitrogens is 1. The molecule has 1 saturated heterocycles. The van der Waals surface area contributed by atoms with Crippen molar-refractivity contribution in [2.45, 2.75) is 45.2 Å². The molecular weight excluding hydrogens is 406 g/mol. The summed E-state index contributed by atoms with van der Waals surface area (Å²) < 4.78 is 5.94. The first kappa shape index (κ1) is 21.7. The van der Waals surface area contributed by atoms with E-state index >= 15 is 0 Å². The first-order chi connectivity index (χ1) is 16.3. The normalized spacial score (nSPS) is 15.9. The van der Waals surface area contributed by atoms with E-state index in [2.05, 4.69) is 82.5 Å². The van der Waals surface area contributed by atoms with Crippen LogP contribution in [-0.4, -0.2) is 35.7 Å². The van der Waals surface area contributed by atoms with Crippen molar-refractivity contribution in [3.05, 3.63) is 84.4 Å². The minimum atomic E-state index is 0.448. The number of fused-ring (bicyclic) bond motifs is 1. The van der Waals surface area contributed by atoms with Crippen molar-refractivity contribution in [3.63, 3.8) is 0 Å². The smallest absolute Gasteiger partial charge is 0.228 e. The average molecular weight is 440 g/mol. The first-order valence-corrected chi connectivity index (χ1v) is 12.3. The van der Waals surface area contributed by atoms with E-state index < -0.39 is 0 Å². The Balaban J connectivity index is 1.44. The Morgan fingerprint density at radius 2 is 1.61 bits per heavy atom. The Bertz CT molecular complexity index is 1160. The van der Waals surface area contributed by atoms with E-state index in [0.717, 1.165) is 30.2 Å². The van der Waals surface area contributed by atoms with E-state index in [1.807, 2.05) is 18.2 Å². The largest absolute Gasteiger partial charge is 0.338 e. The summed E-state index contributed by atoms with van der Waals surface area (Å²) in [5.41, 5.74) is 3.28. The van der Waals surface area contributed by atoms with Crippen LogP contribution in [0.4, 0.5) is 5.88 Å². The van der Waals surface area contributed by atoms with Crippen molar-refractivity contribution in [3.8, 4) is 11.3 Å². The maximum Gasteiger partial charge on any atom is 0.228 e. The van der Waals surface area contributed by atoms with Gasteiger partial charge in [-0.1, -0.05) is 90.8 Å². The molecule has 0 saturated carbocycles. The summed E-state index contributed by atoms with van der Waals surface area (Å²) in [6.07, 6.45) is 5.30. The Hall–Kier alpha value is -3.11. The first-order valence-electron chi connectivity index (χ1n) is 12.3. The second-order valence-electron chi connectivity index (χ2n) is 9.23. The average Bonchev–Trinajstić information content (AvgIpc) is 3.19. The lowest BCUT2D eigenvalue weighted by atomic mass is 10.0. The van der Waals surface area contributed by atoms with Gasteiger partial charge in [-0.15, -0.1) is 0 Å². The third kappa shape index (κ3) is 5.12. The molecule has 0 spiro atoms. The molecule has 0 radical (unpaired) electrons. The molecule has 0 aliphatic carbocycles. The molecule has 1 aliphatic rings. The van der Waals surface area contributed by atoms with Crippen LogP contribution in [0.25, 0.3) is 22.0 Å². The van der Waals surface area contributed by atoms with Gasteiger partial charge in [0.15, 0.2) is 0 Å². The number of benzene rings is 3. The number of anilines is 1. The molecule has 0 bridgehead atoms. The fourth-order valence-electron chi connectivity index (χ4n) is 5.00. The number of rotatable bonds is 7. The van der Waals surface area contributed by atoms with Crippen LogP contribution in [0.5, 0.6) is 0 Å². The van der Waals surface area contributed by atoms with Gasteiger partial charge in [0.2, 0.25) is 5.88 Å². The summed E-state index contributed by atoms with van der Waals surface area (Å²) in [5.74, 6) is 0.837. The van der Waals surface area contributed by atoms with Crippen LogP contribution in [0.15, 0.2) is 83.4 Å². The number of nitrogens with zero attached hydrogens (tertiary/aromatic N) is 3. The highest BCUT2D eigenvalue weighted by molar-refractivity contribution is 5.85. The summed E-state index contributed by atoms with van der Waals surface area (Å²) in [6, 6.07) is 28.0. The molecule has 4 nitrogen and oxygen atoms in total. The summed E-state index contributed by atoms with van der Waals surface area (Å²) in [5, 5.41) is 6.99. The molecule has 1 aliphatic heterocycles. The number of hydrogen-bond donors (Lipinski definition) is 0. The number of hydrogen-bond acceptors (Lipinski definition) is 4. The fourth-order valence-corrected chi connectivity index (χ4v) is 5.00. The minimum absolute atomic E-state index is 0.448. The zero-order valence-electron chi connectivity index (χ0n) is 19.5. The predicted octanol–water partition coefficient (Wildman–Crippen LogP) is 6.77. The van der Waals surface area contributed by atoms with Gasteiger partial charge in [-0.2, -0.15) is 0 Å². The van der Waals surface area contributed by atoms with Crippen molar-refractivity contribution >= 4 is 16.7 Å². The lowest BCUT2D eigenvalue weighted by Crippen LogP contribution is -2.42. The molecule has 1 aromatic heterocycles. The van der Waals surface area contributed by atoms with E-state index in [0.29, 0.717) is 6.04 Å². The van der Waals surface area contributed by atoms with E-state index in [4.69, 9.17) is 4.52 Å². The third-order valence-corrected chi connectivity index (χ3v) is 6.87. The molecule has 1 atom stereocenters. The van der Waals surface area contributed by atoms with Crippen LogP contribution in [0, 0.1) is 0 Å². The summed E-state index contributed by atoms with van der Waals surface area (Å²) in [6.45, 7) is 6.44. The van der Waals surface area contributed by atoms with Gasteiger partial charge in [0, 0.05) is 30.8 Å². The highest BCUT2D eigenvalue weighted by Gasteiger charge is 2.22. The second kappa shape index (κ2) is 10.2. The van der Waals surface area contributed by atoms with Gasteiger partial charge >= 0.3 is 0 Å². The fraction of sp³-hybridized carbons (Fsp3) is 0.345. The van der Waals surface area contributed by atoms with Crippen molar-refractivity contribution < 1.29 is 4.52 Å². The molecule has 2 heterocycles. The molecule has 5 rings (SSSR count). The molecule has 170 valence electrons. The van der Waals surface area contributed by atoms with Crippen LogP contribution in [0.3, 0.4) is 0 Å². The highest BCUT2D eigenvalue weighted by atomic mass is 16.5. The predicted molar refractivity (Wildman–Crippen MR) is 136 cm³/mol. The Morgan fingerprint density at radius 1 is 0.879 bits per heavy atom. The molecule has 1 unspecified atom stereocenters. The lowest BCUT2D eigenvalue weighted by Gasteiger charge is -2.32. The Labute approximate surface area is 196 Å². The molecule has 4 heteroatoms. The van der Waals surface area contributed by atoms with Crippen molar-refractivity contribution in [1.82, 2.24) is 10.1 Å². The standard InChI is InChI=1S/C29H33N3O/c1-23(31-18-9-2-3-10-19-31)21-32(22-26-16-11-15-24-12-7-8-17-27(24)26)29-20-28(30-33-29)25-13-5-4-6-14-25/h4-8,11-17,20,23H,2-3,9-10,18-19,21-22H2,1H3. The molecule has 0 N–H and O–H groups in total. The summed E-state index contributed by atoms with van der Waals surface area (Å²) in [4.78, 5) is 5.02. The van der Waals surface area contributed by atoms with E-state index in [1.54, 1.807) is 0 Å². The monoisotopic (exact) mass is 439 g/mol. The maximum atomic E-state index is 5.94. The quantitative estimate of drug-likeness (QED) is 0.318. The molecular formula is C29H33N3O. The zero-order chi connectivity index (χ0) is 22.5. The molecule has 1 fully saturated rings. The summed E-state index contributed by atoms with van der Waals surface area (Å²) >= 11 is 0. The van der Waals surface area contributed by atoms with Gasteiger partial charge in [0.05, 0.1) is 0 Å². The van der Waals surface area contributed by atoms with Gasteiger partial charge in [-0.05, 0) is 49.2 Å². The lowest BCUT2D eigenvalue weighted by molar-refractivity contribution is 0.216. The number of likely N-dealkylation sites (tertiary alicyclic amines) is 1. The van der Waals surface area contributed by atoms with E-state index in [9.17, 15) is 0 Å². The third-order valence-electron chi connectivity index (χ3n) is 6.87. The molecule has 0 amide bonds. The Kier molecular flexibility index (Phi) is 6.73. The van der Waals surface area contributed by atoms with Gasteiger partial charge in [-0.25, -0.2) is 0 Å². The van der Waals surface area contributed by atoms with Crippen LogP contribution in [0.1, 0.15) is 38.2 Å². The van der Waals surface area contributed by atoms with Crippen molar-refractivity contribution in [1.29, 1.82) is 0 Å². The maximum absolute atomic E-state index is 5.94.